The molecule has 4 aromatic carbocycles. The third kappa shape index (κ3) is 3.31. The van der Waals surface area contributed by atoms with Gasteiger partial charge in [0.2, 0.25) is 5.58 Å². The van der Waals surface area contributed by atoms with E-state index in [1.54, 1.807) is 0 Å². The molecule has 1 aliphatic heterocycles. The lowest BCUT2D eigenvalue weighted by molar-refractivity contribution is -0.651. The number of oxazole rings is 1. The van der Waals surface area contributed by atoms with Crippen LogP contribution >= 0.6 is 0 Å². The number of anilines is 1. The van der Waals surface area contributed by atoms with Crippen LogP contribution in [0.15, 0.2) is 116 Å². The van der Waals surface area contributed by atoms with Gasteiger partial charge in [-0.2, -0.15) is 4.57 Å². The number of para-hydroxylation sites is 2. The zero-order chi connectivity index (χ0) is 26.1. The summed E-state index contributed by atoms with van der Waals surface area (Å²) >= 11 is 0. The molecule has 0 atom stereocenters. The first-order valence-corrected chi connectivity index (χ1v) is 12.8. The van der Waals surface area contributed by atoms with Gasteiger partial charge in [0.25, 0.3) is 5.52 Å². The number of hydrogen-bond acceptors (Lipinski definition) is 5. The van der Waals surface area contributed by atoms with E-state index in [4.69, 9.17) is 18.0 Å². The fourth-order valence-electron chi connectivity index (χ4n) is 5.40. The van der Waals surface area contributed by atoms with Crippen molar-refractivity contribution in [1.82, 2.24) is 0 Å². The second-order valence-corrected chi connectivity index (χ2v) is 9.74. The van der Waals surface area contributed by atoms with Crippen molar-refractivity contribution in [3.8, 4) is 5.75 Å². The van der Waals surface area contributed by atoms with Crippen LogP contribution in [0.4, 0.5) is 5.69 Å². The fraction of sp³-hybridized carbons (Fsp3) is 0.0606. The summed E-state index contributed by atoms with van der Waals surface area (Å²) in [5.41, 5.74) is 6.23. The first-order chi connectivity index (χ1) is 19.1. The van der Waals surface area contributed by atoms with Crippen molar-refractivity contribution in [1.29, 1.82) is 0 Å². The predicted octanol–water partition coefficient (Wildman–Crippen LogP) is 8.00. The van der Waals surface area contributed by atoms with Gasteiger partial charge in [0.1, 0.15) is 29.4 Å². The molecule has 0 aliphatic carbocycles. The summed E-state index contributed by atoms with van der Waals surface area (Å²) in [6.07, 6.45) is 9.76. The Morgan fingerprint density at radius 1 is 0.667 bits per heavy atom. The van der Waals surface area contributed by atoms with E-state index in [-0.39, 0.29) is 0 Å². The van der Waals surface area contributed by atoms with Gasteiger partial charge in [0.05, 0.1) is 17.8 Å². The van der Waals surface area contributed by atoms with Crippen LogP contribution in [0.3, 0.4) is 0 Å². The van der Waals surface area contributed by atoms with Crippen LogP contribution in [-0.2, 0) is 7.05 Å². The molecule has 0 spiro atoms. The normalized spacial score (nSPS) is 14.9. The van der Waals surface area contributed by atoms with Gasteiger partial charge >= 0.3 is 5.89 Å². The second kappa shape index (κ2) is 8.13. The molecule has 8 rings (SSSR count). The number of furan rings is 2. The molecule has 1 aliphatic rings. The molecule has 4 heterocycles. The Morgan fingerprint density at radius 3 is 2.13 bits per heavy atom. The van der Waals surface area contributed by atoms with E-state index in [9.17, 15) is 0 Å². The van der Waals surface area contributed by atoms with Crippen LogP contribution in [0.5, 0.6) is 5.75 Å². The van der Waals surface area contributed by atoms with Crippen molar-refractivity contribution in [2.24, 2.45) is 7.05 Å². The summed E-state index contributed by atoms with van der Waals surface area (Å²) in [6.45, 7) is 0. The van der Waals surface area contributed by atoms with E-state index in [1.807, 2.05) is 102 Å². The van der Waals surface area contributed by atoms with Gasteiger partial charge in [0.15, 0.2) is 11.6 Å². The highest BCUT2D eigenvalue weighted by Gasteiger charge is 2.25. The lowest BCUT2D eigenvalue weighted by atomic mass is 10.1. The highest BCUT2D eigenvalue weighted by atomic mass is 16.5. The van der Waals surface area contributed by atoms with Gasteiger partial charge in [-0.1, -0.05) is 54.6 Å². The van der Waals surface area contributed by atoms with Crippen molar-refractivity contribution in [2.75, 3.05) is 11.9 Å². The Morgan fingerprint density at radius 2 is 1.36 bits per heavy atom. The molecule has 3 aromatic heterocycles. The van der Waals surface area contributed by atoms with Gasteiger partial charge in [-0.3, -0.25) is 0 Å². The summed E-state index contributed by atoms with van der Waals surface area (Å²) in [5.74, 6) is 2.31. The lowest BCUT2D eigenvalue weighted by Gasteiger charge is -2.09. The zero-order valence-electron chi connectivity index (χ0n) is 21.3. The van der Waals surface area contributed by atoms with Crippen molar-refractivity contribution in [3.05, 3.63) is 109 Å². The van der Waals surface area contributed by atoms with Crippen molar-refractivity contribution < 1.29 is 22.6 Å². The number of ether oxygens (including phenoxy) is 1. The maximum atomic E-state index is 6.17. The van der Waals surface area contributed by atoms with Gasteiger partial charge < -0.3 is 22.9 Å². The van der Waals surface area contributed by atoms with E-state index in [0.29, 0.717) is 0 Å². The van der Waals surface area contributed by atoms with Crippen LogP contribution in [-0.4, -0.2) is 7.05 Å². The molecule has 0 fully saturated rings. The largest absolute Gasteiger partial charge is 0.456 e. The molecule has 0 amide bonds. The zero-order valence-corrected chi connectivity index (χ0v) is 21.3. The minimum Gasteiger partial charge on any atom is -0.456 e. The lowest BCUT2D eigenvalue weighted by Crippen LogP contribution is -2.29. The van der Waals surface area contributed by atoms with Gasteiger partial charge in [0, 0.05) is 34.7 Å². The van der Waals surface area contributed by atoms with Crippen LogP contribution in [0.2, 0.25) is 0 Å². The average molecular weight is 512 g/mol. The molecule has 188 valence electrons. The number of aryl methyl sites for hydroxylation is 1. The van der Waals surface area contributed by atoms with E-state index < -0.39 is 0 Å². The molecule has 0 bridgehead atoms. The van der Waals surface area contributed by atoms with Gasteiger partial charge in [-0.15, -0.1) is 0 Å². The maximum Gasteiger partial charge on any atom is 0.373 e. The van der Waals surface area contributed by atoms with E-state index in [1.165, 1.54) is 0 Å². The number of benzene rings is 4. The third-order valence-electron chi connectivity index (χ3n) is 7.43. The summed E-state index contributed by atoms with van der Waals surface area (Å²) in [7, 11) is 3.98. The van der Waals surface area contributed by atoms with E-state index in [0.717, 1.165) is 78.2 Å². The number of nitrogens with zero attached hydrogens (tertiary/aromatic N) is 2. The van der Waals surface area contributed by atoms with Crippen LogP contribution < -0.4 is 14.2 Å². The molecule has 6 nitrogen and oxygen atoms in total. The van der Waals surface area contributed by atoms with Crippen LogP contribution in [0.1, 0.15) is 5.89 Å². The molecule has 7 aromatic rings. The minimum atomic E-state index is 0.746. The topological polar surface area (TPSA) is 55.8 Å². The number of aromatic nitrogens is 1. The average Bonchev–Trinajstić information content (AvgIpc) is 3.67. The first kappa shape index (κ1) is 21.8. The first-order valence-electron chi connectivity index (χ1n) is 12.8. The van der Waals surface area contributed by atoms with E-state index in [2.05, 4.69) is 24.3 Å². The van der Waals surface area contributed by atoms with Crippen molar-refractivity contribution >= 4 is 66.7 Å². The molecule has 0 unspecified atom stereocenters. The fourth-order valence-corrected chi connectivity index (χ4v) is 5.40. The molecular formula is C33H23N2O4+. The molecule has 6 heteroatoms. The second-order valence-electron chi connectivity index (χ2n) is 9.74. The smallest absolute Gasteiger partial charge is 0.373 e. The Bertz CT molecular complexity index is 2190. The van der Waals surface area contributed by atoms with Crippen LogP contribution in [0, 0.1) is 0 Å². The highest BCUT2D eigenvalue weighted by molar-refractivity contribution is 6.08. The van der Waals surface area contributed by atoms with Crippen molar-refractivity contribution in [2.45, 2.75) is 0 Å². The quantitative estimate of drug-likeness (QED) is 0.178. The van der Waals surface area contributed by atoms with Gasteiger partial charge in [-0.05, 0) is 30.3 Å². The van der Waals surface area contributed by atoms with Gasteiger partial charge in [-0.25, -0.2) is 0 Å². The third-order valence-corrected chi connectivity index (χ3v) is 7.43. The number of hydrogen-bond donors (Lipinski definition) is 0. The Kier molecular flexibility index (Phi) is 4.55. The standard InChI is InChI=1S/C33H23N2O4/c1-34-24-18-28-22(20-10-6-8-12-26(20)36-28)16-30(24)38-32(34)14-4-3-5-15-33-35(2)25-19-29-23(17-31(25)39-33)21-11-7-9-13-27(21)37-29/h3-19H,1-2H3/q+1. The maximum absolute atomic E-state index is 6.17. The minimum absolute atomic E-state index is 0.746. The predicted molar refractivity (Wildman–Crippen MR) is 154 cm³/mol. The summed E-state index contributed by atoms with van der Waals surface area (Å²) in [5, 5.41) is 4.28. The molecule has 0 N–H and O–H groups in total. The van der Waals surface area contributed by atoms with Crippen LogP contribution in [0.25, 0.3) is 61.1 Å². The van der Waals surface area contributed by atoms with E-state index >= 15 is 0 Å². The summed E-state index contributed by atoms with van der Waals surface area (Å²) < 4.78 is 26.4. The van der Waals surface area contributed by atoms with Crippen molar-refractivity contribution in [3.63, 3.8) is 0 Å². The Hall–Kier alpha value is -5.23. The summed E-state index contributed by atoms with van der Waals surface area (Å²) in [4.78, 5) is 2.02. The molecule has 0 radical (unpaired) electrons. The Labute approximate surface area is 222 Å². The molecular weight excluding hydrogens is 488 g/mol. The molecule has 39 heavy (non-hydrogen) atoms. The molecule has 0 saturated heterocycles. The monoisotopic (exact) mass is 511 g/mol. The summed E-state index contributed by atoms with van der Waals surface area (Å²) in [6, 6.07) is 24.3. The SMILES string of the molecule is CN1/C(=C/C=C/C=C/c2oc3cc4c(cc3[n+]2C)oc2ccccc24)Oc2cc3c(cc21)oc1ccccc13. The molecule has 0 saturated carbocycles. The Balaban J connectivity index is 1.05. The number of allylic oxidation sites excluding steroid dienone is 4. The highest BCUT2D eigenvalue weighted by Crippen LogP contribution is 2.43. The number of fused-ring (bicyclic) bond motifs is 8. The number of rotatable bonds is 3.